The van der Waals surface area contributed by atoms with E-state index in [-0.39, 0.29) is 36.2 Å². The van der Waals surface area contributed by atoms with Gasteiger partial charge in [-0.2, -0.15) is 0 Å². The first-order valence-electron chi connectivity index (χ1n) is 18.8. The van der Waals surface area contributed by atoms with Crippen molar-refractivity contribution < 1.29 is 34.3 Å². The van der Waals surface area contributed by atoms with Crippen LogP contribution in [-0.4, -0.2) is 60.6 Å². The van der Waals surface area contributed by atoms with Crippen molar-refractivity contribution in [1.29, 1.82) is 0 Å². The van der Waals surface area contributed by atoms with Gasteiger partial charge in [0.1, 0.15) is 29.5 Å². The monoisotopic (exact) mass is 702 g/mol. The molecule has 0 aromatic heterocycles. The topological polar surface area (TPSA) is 122 Å². The van der Waals surface area contributed by atoms with E-state index in [4.69, 9.17) is 18.9 Å². The Hall–Kier alpha value is -4.57. The molecule has 0 spiro atoms. The van der Waals surface area contributed by atoms with Gasteiger partial charge < -0.3 is 34.3 Å². The first kappa shape index (κ1) is 33.3. The number of ether oxygens (including phenoxy) is 4. The van der Waals surface area contributed by atoms with Crippen molar-refractivity contribution in [3.8, 4) is 39.9 Å². The largest absolute Gasteiger partial charge is 0.508 e. The minimum absolute atomic E-state index is 0.0708. The average molecular weight is 703 g/mol. The van der Waals surface area contributed by atoms with Gasteiger partial charge in [0.2, 0.25) is 0 Å². The van der Waals surface area contributed by atoms with Crippen LogP contribution >= 0.6 is 0 Å². The lowest BCUT2D eigenvalue weighted by atomic mass is 9.72. The van der Waals surface area contributed by atoms with Crippen molar-refractivity contribution in [2.45, 2.75) is 88.1 Å². The summed E-state index contributed by atoms with van der Waals surface area (Å²) in [6.07, 6.45) is 9.41. The average Bonchev–Trinajstić information content (AvgIpc) is 3.87. The van der Waals surface area contributed by atoms with Gasteiger partial charge >= 0.3 is 0 Å². The molecule has 0 bridgehead atoms. The maximum absolute atomic E-state index is 10.8. The Morgan fingerprint density at radius 3 is 2.63 bits per heavy atom. The number of nitrogens with zero attached hydrogens (tertiary/aromatic N) is 1. The summed E-state index contributed by atoms with van der Waals surface area (Å²) in [7, 11) is 1.55. The molecule has 4 N–H and O–H groups in total. The van der Waals surface area contributed by atoms with Crippen LogP contribution in [0.2, 0.25) is 0 Å². The second kappa shape index (κ2) is 13.8. The summed E-state index contributed by atoms with van der Waals surface area (Å²) in [6.45, 7) is 1.06. The van der Waals surface area contributed by atoms with Gasteiger partial charge in [0.15, 0.2) is 17.6 Å². The minimum atomic E-state index is -0.457. The van der Waals surface area contributed by atoms with Crippen molar-refractivity contribution in [2.75, 3.05) is 27.0 Å². The molecule has 270 valence electrons. The number of aromatic hydroxyl groups is 2. The number of hydrogen-bond acceptors (Lipinski definition) is 9. The molecule has 0 saturated heterocycles. The highest BCUT2D eigenvalue weighted by Crippen LogP contribution is 2.56. The van der Waals surface area contributed by atoms with Crippen LogP contribution in [0.25, 0.3) is 17.2 Å². The van der Waals surface area contributed by atoms with Crippen LogP contribution in [0.1, 0.15) is 77.5 Å². The molecule has 52 heavy (non-hydrogen) atoms. The summed E-state index contributed by atoms with van der Waals surface area (Å²) in [5, 5.41) is 37.4. The van der Waals surface area contributed by atoms with Crippen LogP contribution in [0.15, 0.2) is 59.6 Å². The fourth-order valence-electron chi connectivity index (χ4n) is 9.18. The highest BCUT2D eigenvalue weighted by Gasteiger charge is 2.42. The third kappa shape index (κ3) is 5.98. The molecule has 0 unspecified atom stereocenters. The van der Waals surface area contributed by atoms with Gasteiger partial charge in [0, 0.05) is 29.2 Å². The summed E-state index contributed by atoms with van der Waals surface area (Å²) in [6, 6.07) is 18.1. The van der Waals surface area contributed by atoms with Gasteiger partial charge in [-0.1, -0.05) is 37.1 Å². The summed E-state index contributed by atoms with van der Waals surface area (Å²) < 4.78 is 26.1. The predicted molar refractivity (Wildman–Crippen MR) is 197 cm³/mol. The molecule has 0 amide bonds. The molecule has 4 atom stereocenters. The van der Waals surface area contributed by atoms with Crippen molar-refractivity contribution in [1.82, 2.24) is 5.32 Å². The van der Waals surface area contributed by atoms with E-state index < -0.39 is 6.10 Å². The van der Waals surface area contributed by atoms with E-state index >= 15 is 0 Å². The Morgan fingerprint density at radius 1 is 0.904 bits per heavy atom. The molecular weight excluding hydrogens is 656 g/mol. The van der Waals surface area contributed by atoms with Gasteiger partial charge in [-0.15, -0.1) is 0 Å². The highest BCUT2D eigenvalue weighted by molar-refractivity contribution is 5.85. The van der Waals surface area contributed by atoms with Crippen LogP contribution in [0, 0.1) is 0 Å². The molecule has 0 radical (unpaired) electrons. The molecule has 2 aliphatic carbocycles. The van der Waals surface area contributed by atoms with Crippen molar-refractivity contribution in [3.63, 3.8) is 0 Å². The van der Waals surface area contributed by atoms with E-state index in [0.29, 0.717) is 37.8 Å². The predicted octanol–water partition coefficient (Wildman–Crippen LogP) is 5.31. The normalized spacial score (nSPS) is 22.8. The molecule has 5 aliphatic rings. The molecule has 9 rings (SSSR count). The maximum Gasteiger partial charge on any atom is 0.160 e. The van der Waals surface area contributed by atoms with E-state index in [1.54, 1.807) is 19.2 Å². The summed E-state index contributed by atoms with van der Waals surface area (Å²) >= 11 is 0. The lowest BCUT2D eigenvalue weighted by molar-refractivity contribution is -0.0476. The van der Waals surface area contributed by atoms with Crippen molar-refractivity contribution in [2.24, 2.45) is 4.99 Å². The van der Waals surface area contributed by atoms with Crippen LogP contribution in [0.3, 0.4) is 0 Å². The van der Waals surface area contributed by atoms with Crippen LogP contribution in [0.5, 0.6) is 28.7 Å². The number of methoxy groups -OCH3 is 1. The second-order valence-corrected chi connectivity index (χ2v) is 15.0. The summed E-state index contributed by atoms with van der Waals surface area (Å²) in [5.41, 5.74) is 8.60. The minimum Gasteiger partial charge on any atom is -0.508 e. The fourth-order valence-corrected chi connectivity index (χ4v) is 9.18. The van der Waals surface area contributed by atoms with Crippen LogP contribution in [0.4, 0.5) is 0 Å². The van der Waals surface area contributed by atoms with Gasteiger partial charge in [-0.3, -0.25) is 10.3 Å². The molecule has 1 fully saturated rings. The number of phenolic OH excluding ortho intramolecular Hbond substituents is 2. The Morgan fingerprint density at radius 2 is 1.79 bits per heavy atom. The molecule has 9 heteroatoms. The number of fused-ring (bicyclic) bond motifs is 9. The molecule has 9 nitrogen and oxygen atoms in total. The second-order valence-electron chi connectivity index (χ2n) is 15.0. The Bertz CT molecular complexity index is 2140. The molecular formula is C43H46N2O7. The number of rotatable bonds is 9. The lowest BCUT2D eigenvalue weighted by Crippen LogP contribution is -2.39. The summed E-state index contributed by atoms with van der Waals surface area (Å²) in [5.74, 6) is 2.39. The van der Waals surface area contributed by atoms with Gasteiger partial charge in [-0.25, -0.2) is 0 Å². The number of aliphatic hydroxyl groups excluding tert-OH is 1. The third-order valence-corrected chi connectivity index (χ3v) is 11.8. The lowest BCUT2D eigenvalue weighted by Gasteiger charge is -2.41. The molecule has 4 aromatic rings. The van der Waals surface area contributed by atoms with E-state index in [2.05, 4.69) is 34.6 Å². The molecule has 1 saturated carbocycles. The highest BCUT2D eigenvalue weighted by atomic mass is 16.6. The molecule has 4 aromatic carbocycles. The Labute approximate surface area is 303 Å². The zero-order valence-electron chi connectivity index (χ0n) is 29.6. The van der Waals surface area contributed by atoms with Gasteiger partial charge in [0.05, 0.1) is 32.3 Å². The Kier molecular flexibility index (Phi) is 8.81. The van der Waals surface area contributed by atoms with E-state index in [9.17, 15) is 15.3 Å². The summed E-state index contributed by atoms with van der Waals surface area (Å²) in [4.78, 5) is 4.59. The first-order valence-corrected chi connectivity index (χ1v) is 18.8. The molecule has 3 aliphatic heterocycles. The van der Waals surface area contributed by atoms with E-state index in [1.165, 1.54) is 29.2 Å². The zero-order chi connectivity index (χ0) is 35.3. The Balaban J connectivity index is 1.17. The zero-order valence-corrected chi connectivity index (χ0v) is 29.6. The smallest absolute Gasteiger partial charge is 0.160 e. The van der Waals surface area contributed by atoms with Crippen LogP contribution in [-0.2, 0) is 30.4 Å². The van der Waals surface area contributed by atoms with Gasteiger partial charge in [-0.05, 0) is 114 Å². The standard InChI is InChI=1S/C43H46N2O7/c1-49-38-19-26(7-13-37(38)48)41-39(50-23-45-28-4-2-3-5-28)21-35-34-18-27(17-24-6-12-36-25(16-24)14-15-44-36)33-20-29(47)8-10-31(33)40(34)43-32(42(35)52-41)11-9-30(22-46)51-43/h6-8,10,12-14,16,19-20,27-28,30,39,41,45-48H,2-5,9,11,15,17-18,21-23H2,1H3/t27-,30+,39+,41+/m0/s1. The quantitative estimate of drug-likeness (QED) is 0.173. The van der Waals surface area contributed by atoms with E-state index in [1.807, 2.05) is 24.3 Å². The maximum atomic E-state index is 10.8. The van der Waals surface area contributed by atoms with Crippen LogP contribution < -0.4 is 30.1 Å². The number of aliphatic hydroxyl groups is 1. The van der Waals surface area contributed by atoms with E-state index in [0.717, 1.165) is 82.5 Å². The fraction of sp³-hybridized carbons (Fsp3) is 0.419. The number of nitrogens with one attached hydrogen (secondary N) is 1. The van der Waals surface area contributed by atoms with Crippen molar-refractivity contribution >= 4 is 6.08 Å². The molecule has 3 heterocycles. The SMILES string of the molecule is COc1cc([C@H]2Oc3c(c4c(c5c3CC[C@H](CO)O5)-c3ccc(O)cc3[C@@H](Cc3ccc5c(c3)=CCN=5)C4)C[C@H]2OCNC2CCCC2)ccc1O. The number of phenols is 2. The number of hydrogen-bond donors (Lipinski definition) is 4. The van der Waals surface area contributed by atoms with Crippen molar-refractivity contribution in [3.05, 3.63) is 98.6 Å². The number of benzene rings is 4. The van der Waals surface area contributed by atoms with Gasteiger partial charge in [0.25, 0.3) is 0 Å². The first-order chi connectivity index (χ1) is 25.5. The third-order valence-electron chi connectivity index (χ3n) is 11.8.